The van der Waals surface area contributed by atoms with E-state index in [0.717, 1.165) is 25.9 Å². The number of hydrogen-bond acceptors (Lipinski definition) is 6. The molecule has 100 valence electrons. The number of anilines is 1. The second-order valence-electron chi connectivity index (χ2n) is 4.35. The fourth-order valence-corrected chi connectivity index (χ4v) is 2.05. The van der Waals surface area contributed by atoms with Crippen LogP contribution in [0.25, 0.3) is 0 Å². The third kappa shape index (κ3) is 2.77. The second kappa shape index (κ2) is 5.32. The Morgan fingerprint density at radius 2 is 2.11 bits per heavy atom. The van der Waals surface area contributed by atoms with Crippen molar-refractivity contribution in [1.82, 2.24) is 20.5 Å². The molecule has 1 aromatic rings. The van der Waals surface area contributed by atoms with Gasteiger partial charge in [-0.15, -0.1) is 5.10 Å². The number of rotatable bonds is 4. The average Bonchev–Trinajstić information content (AvgIpc) is 2.39. The largest absolute Gasteiger partial charge is 0.376 e. The van der Waals surface area contributed by atoms with E-state index in [-0.39, 0.29) is 11.4 Å². The van der Waals surface area contributed by atoms with Crippen molar-refractivity contribution in [1.29, 1.82) is 0 Å². The lowest BCUT2D eigenvalue weighted by atomic mass is 9.92. The molecular weight excluding hydrogens is 238 g/mol. The van der Waals surface area contributed by atoms with Gasteiger partial charge in [0.2, 0.25) is 5.82 Å². The number of hydrogen-bond donors (Lipinski definition) is 4. The molecule has 1 aliphatic rings. The fourth-order valence-electron chi connectivity index (χ4n) is 2.05. The van der Waals surface area contributed by atoms with Gasteiger partial charge < -0.3 is 15.4 Å². The van der Waals surface area contributed by atoms with Crippen molar-refractivity contribution in [2.75, 3.05) is 32.1 Å². The van der Waals surface area contributed by atoms with Crippen molar-refractivity contribution < 1.29 is 4.74 Å². The number of nitrogens with zero attached hydrogens (tertiary/aromatic N) is 1. The molecule has 0 saturated carbocycles. The molecule has 1 aromatic heterocycles. The van der Waals surface area contributed by atoms with Gasteiger partial charge in [-0.3, -0.25) is 9.78 Å². The van der Waals surface area contributed by atoms with Crippen LogP contribution in [0, 0.1) is 0 Å². The Morgan fingerprint density at radius 1 is 1.39 bits per heavy atom. The van der Waals surface area contributed by atoms with Crippen LogP contribution in [-0.4, -0.2) is 47.5 Å². The maximum atomic E-state index is 11.5. The molecule has 4 N–H and O–H groups in total. The summed E-state index contributed by atoms with van der Waals surface area (Å²) in [5.41, 5.74) is -1.44. The summed E-state index contributed by atoms with van der Waals surface area (Å²) in [6.45, 7) is 2.24. The quantitative estimate of drug-likeness (QED) is 0.528. The summed E-state index contributed by atoms with van der Waals surface area (Å²) in [5.74, 6) is 0.101. The second-order valence-corrected chi connectivity index (χ2v) is 4.35. The molecule has 8 heteroatoms. The van der Waals surface area contributed by atoms with Crippen LogP contribution in [0.5, 0.6) is 0 Å². The van der Waals surface area contributed by atoms with Gasteiger partial charge in [-0.05, 0) is 25.9 Å². The molecule has 1 saturated heterocycles. The molecule has 2 rings (SSSR count). The Balaban J connectivity index is 2.05. The zero-order valence-electron chi connectivity index (χ0n) is 10.2. The zero-order chi connectivity index (χ0) is 13.0. The summed E-state index contributed by atoms with van der Waals surface area (Å²) in [5, 5.41) is 12.0. The highest BCUT2D eigenvalue weighted by Gasteiger charge is 2.31. The molecule has 0 amide bonds. The summed E-state index contributed by atoms with van der Waals surface area (Å²) < 4.78 is 5.55. The first-order valence-electron chi connectivity index (χ1n) is 5.84. The minimum atomic E-state index is -0.617. The number of H-pyrrole nitrogens is 2. The molecule has 2 heterocycles. The number of methoxy groups -OCH3 is 1. The SMILES string of the molecule is COC1(CNc2n[nH]c(=O)[nH]c2=O)CCNCC1. The highest BCUT2D eigenvalue weighted by atomic mass is 16.5. The predicted octanol–water partition coefficient (Wildman–Crippen LogP) is -1.36. The maximum Gasteiger partial charge on any atom is 0.342 e. The molecule has 0 spiro atoms. The lowest BCUT2D eigenvalue weighted by molar-refractivity contribution is -0.0227. The van der Waals surface area contributed by atoms with Crippen LogP contribution in [0.3, 0.4) is 0 Å². The van der Waals surface area contributed by atoms with E-state index < -0.39 is 11.2 Å². The molecule has 18 heavy (non-hydrogen) atoms. The summed E-state index contributed by atoms with van der Waals surface area (Å²) in [6.07, 6.45) is 1.72. The van der Waals surface area contributed by atoms with Crippen LogP contribution >= 0.6 is 0 Å². The summed E-state index contributed by atoms with van der Waals surface area (Å²) >= 11 is 0. The van der Waals surface area contributed by atoms with Gasteiger partial charge in [0.1, 0.15) is 0 Å². The van der Waals surface area contributed by atoms with E-state index in [1.54, 1.807) is 7.11 Å². The van der Waals surface area contributed by atoms with Crippen LogP contribution in [0.4, 0.5) is 5.82 Å². The minimum absolute atomic E-state index is 0.101. The number of ether oxygens (including phenoxy) is 1. The van der Waals surface area contributed by atoms with Crippen LogP contribution in [-0.2, 0) is 4.74 Å². The van der Waals surface area contributed by atoms with E-state index in [1.807, 2.05) is 0 Å². The summed E-state index contributed by atoms with van der Waals surface area (Å²) in [6, 6.07) is 0. The van der Waals surface area contributed by atoms with Crippen molar-refractivity contribution in [3.8, 4) is 0 Å². The molecule has 0 unspecified atom stereocenters. The molecule has 8 nitrogen and oxygen atoms in total. The maximum absolute atomic E-state index is 11.5. The number of piperidine rings is 1. The van der Waals surface area contributed by atoms with E-state index >= 15 is 0 Å². The molecule has 0 atom stereocenters. The van der Waals surface area contributed by atoms with E-state index in [0.29, 0.717) is 6.54 Å². The van der Waals surface area contributed by atoms with Crippen LogP contribution in [0.1, 0.15) is 12.8 Å². The van der Waals surface area contributed by atoms with Gasteiger partial charge in [-0.25, -0.2) is 9.89 Å². The molecule has 1 aliphatic heterocycles. The monoisotopic (exact) mass is 255 g/mol. The first-order chi connectivity index (χ1) is 8.65. The fraction of sp³-hybridized carbons (Fsp3) is 0.700. The molecule has 0 bridgehead atoms. The van der Waals surface area contributed by atoms with Crippen molar-refractivity contribution >= 4 is 5.82 Å². The molecule has 0 aromatic carbocycles. The molecule has 0 aliphatic carbocycles. The standard InChI is InChI=1S/C10H17N5O3/c1-18-10(2-4-11-5-3-10)6-12-7-8(16)13-9(17)15-14-7/h11H,2-6H2,1H3,(H,12,14)(H2,13,15,16,17). The van der Waals surface area contributed by atoms with Crippen molar-refractivity contribution in [3.05, 3.63) is 20.8 Å². The van der Waals surface area contributed by atoms with Crippen LogP contribution in [0.2, 0.25) is 0 Å². The third-order valence-corrected chi connectivity index (χ3v) is 3.24. The Labute approximate surface area is 103 Å². The lowest BCUT2D eigenvalue weighted by Crippen LogP contribution is -2.48. The highest BCUT2D eigenvalue weighted by molar-refractivity contribution is 5.29. The Hall–Kier alpha value is -1.67. The number of aromatic amines is 2. The Morgan fingerprint density at radius 3 is 2.72 bits per heavy atom. The van der Waals surface area contributed by atoms with Crippen molar-refractivity contribution in [2.45, 2.75) is 18.4 Å². The van der Waals surface area contributed by atoms with Crippen LogP contribution in [0.15, 0.2) is 9.59 Å². The zero-order valence-corrected chi connectivity index (χ0v) is 10.2. The number of nitrogens with one attached hydrogen (secondary N) is 4. The van der Waals surface area contributed by atoms with Gasteiger partial charge in [0, 0.05) is 13.7 Å². The first-order valence-corrected chi connectivity index (χ1v) is 5.84. The molecule has 0 radical (unpaired) electrons. The predicted molar refractivity (Wildman–Crippen MR) is 65.8 cm³/mol. The van der Waals surface area contributed by atoms with Gasteiger partial charge in [0.25, 0.3) is 5.56 Å². The topological polar surface area (TPSA) is 112 Å². The Kier molecular flexibility index (Phi) is 3.78. The highest BCUT2D eigenvalue weighted by Crippen LogP contribution is 2.22. The van der Waals surface area contributed by atoms with Crippen molar-refractivity contribution in [3.63, 3.8) is 0 Å². The van der Waals surface area contributed by atoms with E-state index in [4.69, 9.17) is 4.74 Å². The number of aromatic nitrogens is 3. The van der Waals surface area contributed by atoms with Gasteiger partial charge in [0.15, 0.2) is 0 Å². The van der Waals surface area contributed by atoms with E-state index in [9.17, 15) is 9.59 Å². The average molecular weight is 255 g/mol. The first kappa shape index (κ1) is 12.8. The van der Waals surface area contributed by atoms with E-state index in [1.165, 1.54) is 0 Å². The van der Waals surface area contributed by atoms with Gasteiger partial charge in [-0.1, -0.05) is 0 Å². The van der Waals surface area contributed by atoms with Gasteiger partial charge in [-0.2, -0.15) is 0 Å². The summed E-state index contributed by atoms with van der Waals surface area (Å²) in [7, 11) is 1.66. The van der Waals surface area contributed by atoms with Gasteiger partial charge in [0.05, 0.1) is 5.60 Å². The summed E-state index contributed by atoms with van der Waals surface area (Å²) in [4.78, 5) is 24.4. The Bertz CT molecular complexity index is 503. The smallest absolute Gasteiger partial charge is 0.342 e. The van der Waals surface area contributed by atoms with Crippen molar-refractivity contribution in [2.24, 2.45) is 0 Å². The lowest BCUT2D eigenvalue weighted by Gasteiger charge is -2.36. The normalized spacial score (nSPS) is 18.5. The van der Waals surface area contributed by atoms with Gasteiger partial charge >= 0.3 is 5.69 Å². The molecular formula is C10H17N5O3. The minimum Gasteiger partial charge on any atom is -0.376 e. The van der Waals surface area contributed by atoms with E-state index in [2.05, 4.69) is 25.8 Å². The third-order valence-electron chi connectivity index (χ3n) is 3.24. The van der Waals surface area contributed by atoms with Crippen LogP contribution < -0.4 is 21.9 Å². The molecule has 1 fully saturated rings.